The molecule has 2 rings (SSSR count). The van der Waals surface area contributed by atoms with Crippen LogP contribution in [0.1, 0.15) is 24.2 Å². The first-order chi connectivity index (χ1) is 8.25. The molecular weight excluding hydrogens is 217 g/mol. The Kier molecular flexibility index (Phi) is 3.77. The maximum atomic E-state index is 12.9. The Hall–Kier alpha value is -1.81. The van der Waals surface area contributed by atoms with E-state index in [1.807, 2.05) is 25.1 Å². The molecule has 0 saturated carbocycles. The minimum Gasteiger partial charge on any atom is -0.305 e. The molecule has 3 nitrogen and oxygen atoms in total. The third-order valence-corrected chi connectivity index (χ3v) is 2.51. The molecule has 0 aliphatic heterocycles. The number of nitrogens with zero attached hydrogens (tertiary/aromatic N) is 2. The van der Waals surface area contributed by atoms with E-state index in [9.17, 15) is 4.39 Å². The second-order valence-electron chi connectivity index (χ2n) is 3.87. The average Bonchev–Trinajstić information content (AvgIpc) is 2.37. The van der Waals surface area contributed by atoms with Crippen molar-refractivity contribution in [3.63, 3.8) is 0 Å². The summed E-state index contributed by atoms with van der Waals surface area (Å²) in [6.45, 7) is 2.59. The van der Waals surface area contributed by atoms with Crippen LogP contribution < -0.4 is 5.32 Å². The lowest BCUT2D eigenvalue weighted by Crippen LogP contribution is -2.19. The molecule has 2 heterocycles. The Bertz CT molecular complexity index is 473. The fourth-order valence-electron chi connectivity index (χ4n) is 1.56. The van der Waals surface area contributed by atoms with Crippen LogP contribution in [0, 0.1) is 5.82 Å². The molecule has 2 aromatic rings. The molecular formula is C13H14FN3. The number of rotatable bonds is 4. The Morgan fingerprint density at radius 1 is 1.35 bits per heavy atom. The van der Waals surface area contributed by atoms with E-state index in [0.29, 0.717) is 6.54 Å². The van der Waals surface area contributed by atoms with Crippen LogP contribution in [-0.4, -0.2) is 9.97 Å². The first-order valence-electron chi connectivity index (χ1n) is 5.49. The summed E-state index contributed by atoms with van der Waals surface area (Å²) in [7, 11) is 0. The smallest absolute Gasteiger partial charge is 0.141 e. The van der Waals surface area contributed by atoms with Gasteiger partial charge in [0.2, 0.25) is 0 Å². The molecule has 0 saturated heterocycles. The van der Waals surface area contributed by atoms with Crippen LogP contribution >= 0.6 is 0 Å². The molecule has 2 aromatic heterocycles. The zero-order valence-corrected chi connectivity index (χ0v) is 9.60. The Labute approximate surface area is 99.7 Å². The van der Waals surface area contributed by atoms with Crippen LogP contribution in [0.4, 0.5) is 4.39 Å². The van der Waals surface area contributed by atoms with E-state index in [1.54, 1.807) is 12.4 Å². The van der Waals surface area contributed by atoms with Gasteiger partial charge in [-0.05, 0) is 30.7 Å². The van der Waals surface area contributed by atoms with Gasteiger partial charge in [0.05, 0.1) is 11.9 Å². The molecule has 1 N–H and O–H groups in total. The van der Waals surface area contributed by atoms with Crippen LogP contribution in [0.3, 0.4) is 0 Å². The van der Waals surface area contributed by atoms with Crippen LogP contribution in [-0.2, 0) is 6.54 Å². The van der Waals surface area contributed by atoms with E-state index in [0.717, 1.165) is 11.3 Å². The van der Waals surface area contributed by atoms with Crippen LogP contribution in [0.5, 0.6) is 0 Å². The summed E-state index contributed by atoms with van der Waals surface area (Å²) < 4.78 is 12.9. The van der Waals surface area contributed by atoms with Gasteiger partial charge in [-0.25, -0.2) is 4.39 Å². The molecule has 0 amide bonds. The Morgan fingerprint density at radius 3 is 2.94 bits per heavy atom. The molecule has 1 atom stereocenters. The van der Waals surface area contributed by atoms with Gasteiger partial charge in [0.1, 0.15) is 5.82 Å². The number of halogens is 1. The molecule has 0 spiro atoms. The van der Waals surface area contributed by atoms with Gasteiger partial charge in [-0.1, -0.05) is 6.07 Å². The second kappa shape index (κ2) is 5.50. The highest BCUT2D eigenvalue weighted by molar-refractivity contribution is 5.12. The SMILES string of the molecule is CC(NCc1cncc(F)c1)c1ccccn1. The zero-order chi connectivity index (χ0) is 12.1. The summed E-state index contributed by atoms with van der Waals surface area (Å²) in [6.07, 6.45) is 4.62. The molecule has 0 aromatic carbocycles. The summed E-state index contributed by atoms with van der Waals surface area (Å²) >= 11 is 0. The quantitative estimate of drug-likeness (QED) is 0.878. The maximum absolute atomic E-state index is 12.9. The predicted octanol–water partition coefficient (Wildman–Crippen LogP) is 2.47. The van der Waals surface area contributed by atoms with Crippen molar-refractivity contribution < 1.29 is 4.39 Å². The van der Waals surface area contributed by atoms with Crippen molar-refractivity contribution in [1.29, 1.82) is 0 Å². The number of aromatic nitrogens is 2. The molecule has 0 fully saturated rings. The fourth-order valence-corrected chi connectivity index (χ4v) is 1.56. The van der Waals surface area contributed by atoms with Crippen molar-refractivity contribution in [3.05, 3.63) is 59.9 Å². The lowest BCUT2D eigenvalue weighted by atomic mass is 10.2. The van der Waals surface area contributed by atoms with Crippen LogP contribution in [0.15, 0.2) is 42.9 Å². The van der Waals surface area contributed by atoms with Crippen molar-refractivity contribution in [2.24, 2.45) is 0 Å². The van der Waals surface area contributed by atoms with Crippen molar-refractivity contribution in [3.8, 4) is 0 Å². The monoisotopic (exact) mass is 231 g/mol. The van der Waals surface area contributed by atoms with E-state index < -0.39 is 0 Å². The normalized spacial score (nSPS) is 12.4. The van der Waals surface area contributed by atoms with Gasteiger partial charge in [0.25, 0.3) is 0 Å². The minimum absolute atomic E-state index is 0.125. The first-order valence-corrected chi connectivity index (χ1v) is 5.49. The summed E-state index contributed by atoms with van der Waals surface area (Å²) in [6, 6.07) is 7.39. The predicted molar refractivity (Wildman–Crippen MR) is 63.7 cm³/mol. The number of nitrogens with one attached hydrogen (secondary N) is 1. The molecule has 0 aliphatic rings. The van der Waals surface area contributed by atoms with Crippen LogP contribution in [0.2, 0.25) is 0 Å². The zero-order valence-electron chi connectivity index (χ0n) is 9.60. The third kappa shape index (κ3) is 3.32. The number of pyridine rings is 2. The van der Waals surface area contributed by atoms with E-state index >= 15 is 0 Å². The molecule has 0 radical (unpaired) electrons. The van der Waals surface area contributed by atoms with E-state index in [4.69, 9.17) is 0 Å². The summed E-state index contributed by atoms with van der Waals surface area (Å²) in [4.78, 5) is 8.06. The summed E-state index contributed by atoms with van der Waals surface area (Å²) in [5.74, 6) is -0.310. The first kappa shape index (κ1) is 11.7. The summed E-state index contributed by atoms with van der Waals surface area (Å²) in [5, 5.41) is 3.27. The van der Waals surface area contributed by atoms with Crippen molar-refractivity contribution in [2.75, 3.05) is 0 Å². The van der Waals surface area contributed by atoms with Gasteiger partial charge in [-0.2, -0.15) is 0 Å². The lowest BCUT2D eigenvalue weighted by Gasteiger charge is -2.12. The topological polar surface area (TPSA) is 37.8 Å². The molecule has 0 aliphatic carbocycles. The summed E-state index contributed by atoms with van der Waals surface area (Å²) in [5.41, 5.74) is 1.80. The standard InChI is InChI=1S/C13H14FN3/c1-10(13-4-2-3-5-16-13)17-8-11-6-12(14)9-15-7-11/h2-7,9-10,17H,8H2,1H3. The van der Waals surface area contributed by atoms with E-state index in [-0.39, 0.29) is 11.9 Å². The average molecular weight is 231 g/mol. The highest BCUT2D eigenvalue weighted by Gasteiger charge is 2.05. The molecule has 88 valence electrons. The van der Waals surface area contributed by atoms with Gasteiger partial charge >= 0.3 is 0 Å². The Balaban J connectivity index is 1.95. The van der Waals surface area contributed by atoms with Gasteiger partial charge in [0, 0.05) is 25.0 Å². The van der Waals surface area contributed by atoms with Crippen LogP contribution in [0.25, 0.3) is 0 Å². The third-order valence-electron chi connectivity index (χ3n) is 2.51. The number of hydrogen-bond donors (Lipinski definition) is 1. The largest absolute Gasteiger partial charge is 0.305 e. The van der Waals surface area contributed by atoms with Gasteiger partial charge in [0.15, 0.2) is 0 Å². The van der Waals surface area contributed by atoms with E-state index in [1.165, 1.54) is 12.3 Å². The number of hydrogen-bond acceptors (Lipinski definition) is 3. The maximum Gasteiger partial charge on any atom is 0.141 e. The fraction of sp³-hybridized carbons (Fsp3) is 0.231. The highest BCUT2D eigenvalue weighted by Crippen LogP contribution is 2.09. The molecule has 0 bridgehead atoms. The Morgan fingerprint density at radius 2 is 2.24 bits per heavy atom. The second-order valence-corrected chi connectivity index (χ2v) is 3.87. The molecule has 4 heteroatoms. The van der Waals surface area contributed by atoms with E-state index in [2.05, 4.69) is 15.3 Å². The van der Waals surface area contributed by atoms with Crippen molar-refractivity contribution >= 4 is 0 Å². The van der Waals surface area contributed by atoms with Crippen molar-refractivity contribution in [2.45, 2.75) is 19.5 Å². The van der Waals surface area contributed by atoms with Crippen molar-refractivity contribution in [1.82, 2.24) is 15.3 Å². The lowest BCUT2D eigenvalue weighted by molar-refractivity contribution is 0.555. The van der Waals surface area contributed by atoms with Gasteiger partial charge in [-0.3, -0.25) is 9.97 Å². The van der Waals surface area contributed by atoms with Gasteiger partial charge < -0.3 is 5.32 Å². The molecule has 17 heavy (non-hydrogen) atoms. The molecule has 1 unspecified atom stereocenters. The highest BCUT2D eigenvalue weighted by atomic mass is 19.1. The van der Waals surface area contributed by atoms with Gasteiger partial charge in [-0.15, -0.1) is 0 Å². The minimum atomic E-state index is -0.310.